The summed E-state index contributed by atoms with van der Waals surface area (Å²) in [5.74, 6) is -0.843. The molecule has 2 nitrogen and oxygen atoms in total. The Kier molecular flexibility index (Phi) is 3.81. The van der Waals surface area contributed by atoms with Gasteiger partial charge in [0.05, 0.1) is 11.8 Å². The lowest BCUT2D eigenvalue weighted by Crippen LogP contribution is -2.15. The predicted molar refractivity (Wildman–Crippen MR) is 71.5 cm³/mol. The van der Waals surface area contributed by atoms with Gasteiger partial charge in [0.25, 0.3) is 0 Å². The van der Waals surface area contributed by atoms with Crippen molar-refractivity contribution in [3.8, 4) is 0 Å². The third-order valence-electron chi connectivity index (χ3n) is 3.00. The highest BCUT2D eigenvalue weighted by Crippen LogP contribution is 2.33. The summed E-state index contributed by atoms with van der Waals surface area (Å²) in [6.07, 6.45) is -0.804. The molecular weight excluding hydrogens is 248 g/mol. The Balaban J connectivity index is 2.52. The lowest BCUT2D eigenvalue weighted by atomic mass is 10.1. The normalized spacial score (nSPS) is 12.3. The summed E-state index contributed by atoms with van der Waals surface area (Å²) in [5.41, 5.74) is 1.24. The van der Waals surface area contributed by atoms with Crippen LogP contribution in [0.2, 0.25) is 0 Å². The van der Waals surface area contributed by atoms with Crippen molar-refractivity contribution in [3.63, 3.8) is 0 Å². The van der Waals surface area contributed by atoms with E-state index in [1.807, 2.05) is 0 Å². The Morgan fingerprint density at radius 1 is 1.11 bits per heavy atom. The molecule has 2 aromatic rings. The SMILES string of the molecule is CC(O)c1cccc(F)c1N(C)c1cccc(F)c1. The van der Waals surface area contributed by atoms with Gasteiger partial charge in [-0.25, -0.2) is 8.78 Å². The van der Waals surface area contributed by atoms with Gasteiger partial charge < -0.3 is 10.0 Å². The maximum Gasteiger partial charge on any atom is 0.147 e. The molecule has 2 rings (SSSR count). The molecule has 1 unspecified atom stereocenters. The zero-order chi connectivity index (χ0) is 14.0. The van der Waals surface area contributed by atoms with Gasteiger partial charge in [0.2, 0.25) is 0 Å². The van der Waals surface area contributed by atoms with Gasteiger partial charge in [-0.3, -0.25) is 0 Å². The number of aliphatic hydroxyl groups excluding tert-OH is 1. The van der Waals surface area contributed by atoms with E-state index in [0.29, 0.717) is 11.3 Å². The van der Waals surface area contributed by atoms with Crippen molar-refractivity contribution in [1.82, 2.24) is 0 Å². The summed E-state index contributed by atoms with van der Waals surface area (Å²) in [4.78, 5) is 1.53. The van der Waals surface area contributed by atoms with E-state index < -0.39 is 11.9 Å². The molecule has 0 radical (unpaired) electrons. The molecule has 0 heterocycles. The molecule has 1 atom stereocenters. The molecule has 0 aliphatic carbocycles. The molecule has 0 saturated heterocycles. The quantitative estimate of drug-likeness (QED) is 0.910. The van der Waals surface area contributed by atoms with Crippen LogP contribution in [0.1, 0.15) is 18.6 Å². The van der Waals surface area contributed by atoms with Crippen LogP contribution in [-0.2, 0) is 0 Å². The highest BCUT2D eigenvalue weighted by Gasteiger charge is 2.17. The van der Waals surface area contributed by atoms with E-state index in [-0.39, 0.29) is 11.5 Å². The molecule has 100 valence electrons. The van der Waals surface area contributed by atoms with E-state index in [0.717, 1.165) is 0 Å². The van der Waals surface area contributed by atoms with Crippen LogP contribution in [0, 0.1) is 11.6 Å². The van der Waals surface area contributed by atoms with Crippen LogP contribution in [0.25, 0.3) is 0 Å². The molecule has 2 aromatic carbocycles. The highest BCUT2D eigenvalue weighted by atomic mass is 19.1. The van der Waals surface area contributed by atoms with Crippen LogP contribution in [-0.4, -0.2) is 12.2 Å². The van der Waals surface area contributed by atoms with Gasteiger partial charge in [-0.1, -0.05) is 18.2 Å². The van der Waals surface area contributed by atoms with E-state index in [1.165, 1.54) is 23.1 Å². The van der Waals surface area contributed by atoms with Gasteiger partial charge in [0.15, 0.2) is 0 Å². The summed E-state index contributed by atoms with van der Waals surface area (Å²) >= 11 is 0. The fourth-order valence-corrected chi connectivity index (χ4v) is 2.04. The van der Waals surface area contributed by atoms with Crippen LogP contribution in [0.3, 0.4) is 0 Å². The van der Waals surface area contributed by atoms with E-state index >= 15 is 0 Å². The second-order valence-electron chi connectivity index (χ2n) is 4.39. The maximum absolute atomic E-state index is 14.0. The van der Waals surface area contributed by atoms with Gasteiger partial charge in [0.1, 0.15) is 11.6 Å². The first-order valence-electron chi connectivity index (χ1n) is 5.96. The molecule has 0 amide bonds. The lowest BCUT2D eigenvalue weighted by molar-refractivity contribution is 0.199. The largest absolute Gasteiger partial charge is 0.389 e. The number of hydrogen-bond acceptors (Lipinski definition) is 2. The van der Waals surface area contributed by atoms with Crippen LogP contribution in [0.15, 0.2) is 42.5 Å². The number of halogens is 2. The van der Waals surface area contributed by atoms with Crippen molar-refractivity contribution in [2.24, 2.45) is 0 Å². The molecule has 0 bridgehead atoms. The third-order valence-corrected chi connectivity index (χ3v) is 3.00. The van der Waals surface area contributed by atoms with E-state index in [1.54, 1.807) is 38.2 Å². The molecule has 19 heavy (non-hydrogen) atoms. The van der Waals surface area contributed by atoms with Crippen LogP contribution < -0.4 is 4.90 Å². The number of nitrogens with zero attached hydrogens (tertiary/aromatic N) is 1. The average Bonchev–Trinajstić information content (AvgIpc) is 2.37. The maximum atomic E-state index is 14.0. The molecule has 1 N–H and O–H groups in total. The monoisotopic (exact) mass is 263 g/mol. The van der Waals surface area contributed by atoms with E-state index in [4.69, 9.17) is 0 Å². The summed E-state index contributed by atoms with van der Waals surface area (Å²) in [6.45, 7) is 1.57. The van der Waals surface area contributed by atoms with Crippen LogP contribution >= 0.6 is 0 Å². The summed E-state index contributed by atoms with van der Waals surface area (Å²) in [6, 6.07) is 10.4. The fraction of sp³-hybridized carbons (Fsp3) is 0.200. The average molecular weight is 263 g/mol. The lowest BCUT2D eigenvalue weighted by Gasteiger charge is -2.24. The number of hydrogen-bond donors (Lipinski definition) is 1. The summed E-state index contributed by atoms with van der Waals surface area (Å²) < 4.78 is 27.2. The number of aliphatic hydroxyl groups is 1. The zero-order valence-corrected chi connectivity index (χ0v) is 10.8. The fourth-order valence-electron chi connectivity index (χ4n) is 2.04. The molecular formula is C15H15F2NO. The number of rotatable bonds is 3. The minimum absolute atomic E-state index is 0.253. The first kappa shape index (κ1) is 13.5. The van der Waals surface area contributed by atoms with Crippen molar-refractivity contribution in [2.45, 2.75) is 13.0 Å². The standard InChI is InChI=1S/C15H15F2NO/c1-10(19)13-7-4-8-14(17)15(13)18(2)12-6-3-5-11(16)9-12/h3-10,19H,1-2H3. The van der Waals surface area contributed by atoms with Gasteiger partial charge >= 0.3 is 0 Å². The Morgan fingerprint density at radius 3 is 2.42 bits per heavy atom. The predicted octanol–water partition coefficient (Wildman–Crippen LogP) is 3.79. The Bertz CT molecular complexity index is 584. The molecule has 0 fully saturated rings. The molecule has 0 aliphatic rings. The first-order valence-corrected chi connectivity index (χ1v) is 5.96. The molecule has 4 heteroatoms. The summed E-state index contributed by atoms with van der Waals surface area (Å²) in [5, 5.41) is 9.71. The van der Waals surface area contributed by atoms with Gasteiger partial charge in [-0.2, -0.15) is 0 Å². The molecule has 0 aromatic heterocycles. The Morgan fingerprint density at radius 2 is 1.79 bits per heavy atom. The number of anilines is 2. The Labute approximate surface area is 110 Å². The van der Waals surface area contributed by atoms with E-state index in [2.05, 4.69) is 0 Å². The molecule has 0 saturated carbocycles. The Hall–Kier alpha value is -1.94. The molecule has 0 spiro atoms. The van der Waals surface area contributed by atoms with Crippen LogP contribution in [0.5, 0.6) is 0 Å². The van der Waals surface area contributed by atoms with E-state index in [9.17, 15) is 13.9 Å². The second-order valence-corrected chi connectivity index (χ2v) is 4.39. The number of benzene rings is 2. The van der Waals surface area contributed by atoms with Crippen molar-refractivity contribution in [1.29, 1.82) is 0 Å². The minimum atomic E-state index is -0.804. The smallest absolute Gasteiger partial charge is 0.147 e. The van der Waals surface area contributed by atoms with Crippen molar-refractivity contribution < 1.29 is 13.9 Å². The second kappa shape index (κ2) is 5.36. The van der Waals surface area contributed by atoms with Gasteiger partial charge in [0, 0.05) is 18.3 Å². The first-order chi connectivity index (χ1) is 9.00. The minimum Gasteiger partial charge on any atom is -0.389 e. The van der Waals surface area contributed by atoms with Crippen molar-refractivity contribution >= 4 is 11.4 Å². The zero-order valence-electron chi connectivity index (χ0n) is 10.8. The molecule has 0 aliphatic heterocycles. The van der Waals surface area contributed by atoms with Gasteiger partial charge in [-0.15, -0.1) is 0 Å². The van der Waals surface area contributed by atoms with Gasteiger partial charge in [-0.05, 0) is 31.2 Å². The number of para-hydroxylation sites is 1. The summed E-state index contributed by atoms with van der Waals surface area (Å²) in [7, 11) is 1.64. The topological polar surface area (TPSA) is 23.5 Å². The van der Waals surface area contributed by atoms with Crippen LogP contribution in [0.4, 0.5) is 20.2 Å². The van der Waals surface area contributed by atoms with Crippen molar-refractivity contribution in [3.05, 3.63) is 59.7 Å². The highest BCUT2D eigenvalue weighted by molar-refractivity contribution is 5.66. The van der Waals surface area contributed by atoms with Crippen molar-refractivity contribution in [2.75, 3.05) is 11.9 Å². The third kappa shape index (κ3) is 2.74.